The number of nitrogens with one attached hydrogen (secondary N) is 1. The first kappa shape index (κ1) is 11.1. The average Bonchev–Trinajstić information content (AvgIpc) is 3.08. The van der Waals surface area contributed by atoms with Crippen molar-refractivity contribution in [2.24, 2.45) is 0 Å². The fourth-order valence-corrected chi connectivity index (χ4v) is 1.73. The zero-order valence-corrected chi connectivity index (χ0v) is 9.44. The minimum Gasteiger partial charge on any atom is -0.435 e. The second-order valence-corrected chi connectivity index (χ2v) is 4.22. The summed E-state index contributed by atoms with van der Waals surface area (Å²) in [5.74, 6) is 2.12. The number of rotatable bonds is 4. The maximum absolute atomic E-state index is 12.0. The van der Waals surface area contributed by atoms with Gasteiger partial charge in [-0.05, 0) is 37.1 Å². The van der Waals surface area contributed by atoms with Crippen LogP contribution in [0.2, 0.25) is 0 Å². The van der Waals surface area contributed by atoms with E-state index in [9.17, 15) is 8.78 Å². The van der Waals surface area contributed by atoms with Crippen molar-refractivity contribution in [3.8, 4) is 17.1 Å². The van der Waals surface area contributed by atoms with Gasteiger partial charge in [-0.25, -0.2) is 4.98 Å². The molecule has 0 bridgehead atoms. The number of nitrogens with zero attached hydrogens (tertiary/aromatic N) is 2. The summed E-state index contributed by atoms with van der Waals surface area (Å²) >= 11 is 0. The lowest BCUT2D eigenvalue weighted by Gasteiger charge is -2.03. The molecule has 1 aliphatic rings. The molecule has 18 heavy (non-hydrogen) atoms. The number of alkyl halides is 2. The fraction of sp³-hybridized carbons (Fsp3) is 0.333. The van der Waals surface area contributed by atoms with Crippen molar-refractivity contribution in [3.63, 3.8) is 0 Å². The smallest absolute Gasteiger partial charge is 0.387 e. The van der Waals surface area contributed by atoms with Gasteiger partial charge in [0.25, 0.3) is 0 Å². The van der Waals surface area contributed by atoms with Crippen LogP contribution >= 0.6 is 0 Å². The van der Waals surface area contributed by atoms with Crippen molar-refractivity contribution in [3.05, 3.63) is 30.1 Å². The maximum atomic E-state index is 12.0. The van der Waals surface area contributed by atoms with Gasteiger partial charge in [0.05, 0.1) is 0 Å². The molecule has 0 spiro atoms. The highest BCUT2D eigenvalue weighted by molar-refractivity contribution is 5.55. The van der Waals surface area contributed by atoms with E-state index in [-0.39, 0.29) is 5.75 Å². The summed E-state index contributed by atoms with van der Waals surface area (Å²) in [4.78, 5) is 4.38. The van der Waals surface area contributed by atoms with Gasteiger partial charge in [0, 0.05) is 11.5 Å². The molecule has 0 radical (unpaired) electrons. The van der Waals surface area contributed by atoms with Crippen molar-refractivity contribution in [1.82, 2.24) is 15.2 Å². The van der Waals surface area contributed by atoms with Gasteiger partial charge in [-0.15, -0.1) is 0 Å². The number of aromatic nitrogens is 3. The summed E-state index contributed by atoms with van der Waals surface area (Å²) in [6.45, 7) is -2.80. The molecule has 6 heteroatoms. The van der Waals surface area contributed by atoms with Crippen LogP contribution in [0.4, 0.5) is 8.78 Å². The normalized spacial score (nSPS) is 15.1. The van der Waals surface area contributed by atoms with Crippen LogP contribution in [-0.4, -0.2) is 21.8 Å². The van der Waals surface area contributed by atoms with Gasteiger partial charge in [-0.1, -0.05) is 0 Å². The molecule has 0 amide bonds. The van der Waals surface area contributed by atoms with Crippen molar-refractivity contribution < 1.29 is 13.5 Å². The fourth-order valence-electron chi connectivity index (χ4n) is 1.73. The first-order valence-electron chi connectivity index (χ1n) is 5.70. The highest BCUT2D eigenvalue weighted by atomic mass is 19.3. The van der Waals surface area contributed by atoms with Gasteiger partial charge in [0.1, 0.15) is 11.6 Å². The van der Waals surface area contributed by atoms with Crippen LogP contribution in [-0.2, 0) is 0 Å². The Bertz CT molecular complexity index is 535. The molecule has 0 unspecified atom stereocenters. The van der Waals surface area contributed by atoms with E-state index in [0.717, 1.165) is 24.2 Å². The van der Waals surface area contributed by atoms with Crippen LogP contribution in [0.5, 0.6) is 5.75 Å². The van der Waals surface area contributed by atoms with Gasteiger partial charge in [0.15, 0.2) is 5.82 Å². The number of H-pyrrole nitrogens is 1. The summed E-state index contributed by atoms with van der Waals surface area (Å²) in [5, 5.41) is 7.01. The number of hydrogen-bond donors (Lipinski definition) is 1. The van der Waals surface area contributed by atoms with Crippen LogP contribution in [0, 0.1) is 0 Å². The minimum absolute atomic E-state index is 0.131. The van der Waals surface area contributed by atoms with Gasteiger partial charge < -0.3 is 4.74 Å². The molecule has 2 aromatic rings. The molecule has 3 rings (SSSR count). The largest absolute Gasteiger partial charge is 0.435 e. The second-order valence-electron chi connectivity index (χ2n) is 4.22. The lowest BCUT2D eigenvalue weighted by atomic mass is 10.2. The molecule has 1 saturated carbocycles. The Labute approximate surface area is 102 Å². The molecule has 94 valence electrons. The van der Waals surface area contributed by atoms with Crippen LogP contribution in [0.25, 0.3) is 11.4 Å². The molecule has 1 fully saturated rings. The zero-order valence-electron chi connectivity index (χ0n) is 9.44. The van der Waals surface area contributed by atoms with E-state index >= 15 is 0 Å². The van der Waals surface area contributed by atoms with Crippen LogP contribution < -0.4 is 4.74 Å². The van der Waals surface area contributed by atoms with E-state index in [2.05, 4.69) is 19.9 Å². The minimum atomic E-state index is -2.80. The molecule has 0 atom stereocenters. The average molecular weight is 251 g/mol. The molecule has 0 aliphatic heterocycles. The quantitative estimate of drug-likeness (QED) is 0.908. The van der Waals surface area contributed by atoms with Crippen molar-refractivity contribution >= 4 is 0 Å². The lowest BCUT2D eigenvalue weighted by molar-refractivity contribution is -0.0498. The third-order valence-electron chi connectivity index (χ3n) is 2.80. The Balaban J connectivity index is 1.78. The predicted octanol–water partition coefficient (Wildman–Crippen LogP) is 2.95. The molecule has 1 N–H and O–H groups in total. The van der Waals surface area contributed by atoms with E-state index in [1.807, 2.05) is 0 Å². The monoisotopic (exact) mass is 251 g/mol. The van der Waals surface area contributed by atoms with Crippen molar-refractivity contribution in [1.29, 1.82) is 0 Å². The Morgan fingerprint density at radius 2 is 1.94 bits per heavy atom. The van der Waals surface area contributed by atoms with Crippen LogP contribution in [0.1, 0.15) is 24.6 Å². The van der Waals surface area contributed by atoms with Gasteiger partial charge in [-0.2, -0.15) is 13.9 Å². The number of benzene rings is 1. The summed E-state index contributed by atoms with van der Waals surface area (Å²) in [5.41, 5.74) is 0.778. The summed E-state index contributed by atoms with van der Waals surface area (Å²) in [7, 11) is 0. The third kappa shape index (κ3) is 2.32. The zero-order chi connectivity index (χ0) is 12.5. The summed E-state index contributed by atoms with van der Waals surface area (Å²) in [6, 6.07) is 6.29. The van der Waals surface area contributed by atoms with Gasteiger partial charge in [-0.3, -0.25) is 5.10 Å². The molecule has 0 saturated heterocycles. The number of ether oxygens (including phenoxy) is 1. The molecule has 1 heterocycles. The Morgan fingerprint density at radius 3 is 2.56 bits per heavy atom. The number of aromatic amines is 1. The summed E-state index contributed by atoms with van der Waals surface area (Å²) < 4.78 is 28.3. The van der Waals surface area contributed by atoms with Crippen molar-refractivity contribution in [2.45, 2.75) is 25.4 Å². The second kappa shape index (κ2) is 4.36. The van der Waals surface area contributed by atoms with E-state index in [4.69, 9.17) is 0 Å². The molecule has 1 aliphatic carbocycles. The standard InChI is InChI=1S/C12H11F2N3O/c13-12(14)18-9-5-3-8(4-6-9)11-15-10(16-17-11)7-1-2-7/h3-7,12H,1-2H2,(H,15,16,17). The predicted molar refractivity (Wildman–Crippen MR) is 60.4 cm³/mol. The summed E-state index contributed by atoms with van der Waals surface area (Å²) in [6.07, 6.45) is 2.30. The van der Waals surface area contributed by atoms with E-state index in [1.165, 1.54) is 12.1 Å². The molecular weight excluding hydrogens is 240 g/mol. The lowest BCUT2D eigenvalue weighted by Crippen LogP contribution is -2.01. The SMILES string of the molecule is FC(F)Oc1ccc(-c2n[nH]c(C3CC3)n2)cc1. The first-order chi connectivity index (χ1) is 8.72. The van der Waals surface area contributed by atoms with E-state index < -0.39 is 6.61 Å². The van der Waals surface area contributed by atoms with Crippen LogP contribution in [0.3, 0.4) is 0 Å². The molecule has 4 nitrogen and oxygen atoms in total. The van der Waals surface area contributed by atoms with Gasteiger partial charge in [0.2, 0.25) is 0 Å². The van der Waals surface area contributed by atoms with E-state index in [0.29, 0.717) is 11.7 Å². The molecule has 1 aromatic heterocycles. The topological polar surface area (TPSA) is 50.8 Å². The Morgan fingerprint density at radius 1 is 1.22 bits per heavy atom. The maximum Gasteiger partial charge on any atom is 0.387 e. The third-order valence-corrected chi connectivity index (χ3v) is 2.80. The van der Waals surface area contributed by atoms with Crippen molar-refractivity contribution in [2.75, 3.05) is 0 Å². The Kier molecular flexibility index (Phi) is 2.70. The molecular formula is C12H11F2N3O. The first-order valence-corrected chi connectivity index (χ1v) is 5.70. The Hall–Kier alpha value is -1.98. The van der Waals surface area contributed by atoms with Crippen LogP contribution in [0.15, 0.2) is 24.3 Å². The van der Waals surface area contributed by atoms with E-state index in [1.54, 1.807) is 12.1 Å². The van der Waals surface area contributed by atoms with Gasteiger partial charge >= 0.3 is 6.61 Å². The number of hydrogen-bond acceptors (Lipinski definition) is 3. The number of halogens is 2. The highest BCUT2D eigenvalue weighted by Gasteiger charge is 2.27. The molecule has 1 aromatic carbocycles. The highest BCUT2D eigenvalue weighted by Crippen LogP contribution is 2.38.